The Morgan fingerprint density at radius 3 is 2.23 bits per heavy atom. The molecule has 0 saturated carbocycles. The van der Waals surface area contributed by atoms with E-state index in [0.29, 0.717) is 5.52 Å². The highest BCUT2D eigenvalue weighted by molar-refractivity contribution is 5.85. The molecule has 2 N–H and O–H groups in total. The molecule has 1 atom stereocenters. The lowest BCUT2D eigenvalue weighted by atomic mass is 9.99. The van der Waals surface area contributed by atoms with Crippen LogP contribution in [0.1, 0.15) is 17.3 Å². The largest absolute Gasteiger partial charge is 0.505 e. The maximum absolute atomic E-state index is 10.9. The van der Waals surface area contributed by atoms with Crippen LogP contribution in [-0.4, -0.2) is 36.4 Å². The van der Waals surface area contributed by atoms with Crippen LogP contribution in [-0.2, 0) is 4.74 Å². The first-order valence-electron chi connectivity index (χ1n) is 9.46. The van der Waals surface area contributed by atoms with Gasteiger partial charge in [0.25, 0.3) is 0 Å². The van der Waals surface area contributed by atoms with E-state index in [0.717, 1.165) is 28.1 Å². The molecule has 154 valence electrons. The van der Waals surface area contributed by atoms with Crippen LogP contribution in [0, 0.1) is 0 Å². The minimum Gasteiger partial charge on any atom is -0.505 e. The topological polar surface area (TPSA) is 76.5 Å². The van der Waals surface area contributed by atoms with Crippen molar-refractivity contribution < 1.29 is 14.6 Å². The highest BCUT2D eigenvalue weighted by Crippen LogP contribution is 2.35. The minimum atomic E-state index is -0.328. The molecule has 0 aliphatic carbocycles. The second-order valence-corrected chi connectivity index (χ2v) is 6.55. The number of anilines is 1. The quantitative estimate of drug-likeness (QED) is 0.498. The third-order valence-electron chi connectivity index (χ3n) is 4.47. The maximum atomic E-state index is 10.9. The zero-order valence-electron chi connectivity index (χ0n) is 17.2. The van der Waals surface area contributed by atoms with Crippen LogP contribution in [0.2, 0.25) is 0 Å². The van der Waals surface area contributed by atoms with Gasteiger partial charge in [-0.15, -0.1) is 0 Å². The summed E-state index contributed by atoms with van der Waals surface area (Å²) < 4.78 is 9.47. The van der Waals surface area contributed by atoms with Crippen molar-refractivity contribution in [3.8, 4) is 11.5 Å². The van der Waals surface area contributed by atoms with E-state index in [4.69, 9.17) is 4.74 Å². The summed E-state index contributed by atoms with van der Waals surface area (Å²) in [6, 6.07) is 20.7. The predicted octanol–water partition coefficient (Wildman–Crippen LogP) is 4.81. The van der Waals surface area contributed by atoms with Crippen molar-refractivity contribution in [1.29, 1.82) is 0 Å². The summed E-state index contributed by atoms with van der Waals surface area (Å²) in [5, 5.41) is 15.2. The van der Waals surface area contributed by atoms with Crippen molar-refractivity contribution in [2.75, 3.05) is 26.6 Å². The van der Waals surface area contributed by atoms with Gasteiger partial charge in [-0.05, 0) is 42.5 Å². The summed E-state index contributed by atoms with van der Waals surface area (Å²) in [5.41, 5.74) is 2.99. The molecular formula is C24H25N3O3. The van der Waals surface area contributed by atoms with Crippen LogP contribution < -0.4 is 10.1 Å². The molecule has 6 nitrogen and oxygen atoms in total. The number of nitrogens with zero attached hydrogens (tertiary/aromatic N) is 2. The molecule has 2 aromatic carbocycles. The number of nitrogens with one attached hydrogen (secondary N) is 1. The first-order valence-corrected chi connectivity index (χ1v) is 9.46. The van der Waals surface area contributed by atoms with Crippen molar-refractivity contribution in [2.24, 2.45) is 0 Å². The molecule has 30 heavy (non-hydrogen) atoms. The molecule has 2 heterocycles. The third-order valence-corrected chi connectivity index (χ3v) is 4.47. The zero-order valence-corrected chi connectivity index (χ0v) is 17.2. The van der Waals surface area contributed by atoms with Gasteiger partial charge >= 0.3 is 0 Å². The average Bonchev–Trinajstić information content (AvgIpc) is 2.80. The van der Waals surface area contributed by atoms with E-state index in [-0.39, 0.29) is 11.8 Å². The van der Waals surface area contributed by atoms with Gasteiger partial charge in [0.15, 0.2) is 0 Å². The van der Waals surface area contributed by atoms with Gasteiger partial charge in [-0.25, -0.2) is 0 Å². The number of rotatable bonds is 5. The Kier molecular flexibility index (Phi) is 7.19. The van der Waals surface area contributed by atoms with Crippen molar-refractivity contribution in [3.63, 3.8) is 0 Å². The molecule has 0 aliphatic heterocycles. The van der Waals surface area contributed by atoms with Gasteiger partial charge in [0.2, 0.25) is 0 Å². The van der Waals surface area contributed by atoms with Crippen molar-refractivity contribution in [3.05, 3.63) is 90.4 Å². The Bertz CT molecular complexity index is 1070. The van der Waals surface area contributed by atoms with Crippen LogP contribution in [0.25, 0.3) is 10.9 Å². The van der Waals surface area contributed by atoms with Crippen LogP contribution in [0.15, 0.2) is 79.1 Å². The average molecular weight is 403 g/mol. The van der Waals surface area contributed by atoms with Crippen LogP contribution in [0.4, 0.5) is 5.69 Å². The van der Waals surface area contributed by atoms with Gasteiger partial charge in [-0.1, -0.05) is 24.3 Å². The molecule has 0 aliphatic rings. The molecule has 0 fully saturated rings. The minimum absolute atomic E-state index is 0.157. The van der Waals surface area contributed by atoms with E-state index in [2.05, 4.69) is 20.0 Å². The molecule has 6 heteroatoms. The van der Waals surface area contributed by atoms with Crippen molar-refractivity contribution >= 4 is 16.6 Å². The summed E-state index contributed by atoms with van der Waals surface area (Å²) in [7, 11) is 4.89. The van der Waals surface area contributed by atoms with Crippen molar-refractivity contribution in [1.82, 2.24) is 9.97 Å². The summed E-state index contributed by atoms with van der Waals surface area (Å²) >= 11 is 0. The Morgan fingerprint density at radius 2 is 1.57 bits per heavy atom. The Labute approximate surface area is 176 Å². The third kappa shape index (κ3) is 4.85. The molecular weight excluding hydrogens is 378 g/mol. The normalized spacial score (nSPS) is 11.3. The SMILES string of the molecule is COC.COc1ccc(NC(c2ccccn2)c2ccc3cccnc3c2O)cc1. The molecule has 2 aromatic heterocycles. The number of fused-ring (bicyclic) bond motifs is 1. The fourth-order valence-electron chi connectivity index (χ4n) is 3.09. The molecule has 1 unspecified atom stereocenters. The van der Waals surface area contributed by atoms with E-state index in [1.807, 2.05) is 66.7 Å². The monoisotopic (exact) mass is 403 g/mol. The van der Waals surface area contributed by atoms with Gasteiger partial charge in [-0.3, -0.25) is 9.97 Å². The Balaban J connectivity index is 0.000000806. The van der Waals surface area contributed by atoms with Crippen LogP contribution >= 0.6 is 0 Å². The molecule has 0 saturated heterocycles. The van der Waals surface area contributed by atoms with Gasteiger partial charge in [-0.2, -0.15) is 0 Å². The molecule has 0 bridgehead atoms. The zero-order chi connectivity index (χ0) is 21.3. The standard InChI is InChI=1S/C22H19N3O2.C2H6O/c1-27-17-10-8-16(9-11-17)25-21(19-6-2-3-13-23-19)18-12-7-15-5-4-14-24-20(15)22(18)26;1-3-2/h2-14,21,25-26H,1H3;1-2H3. The van der Waals surface area contributed by atoms with Gasteiger partial charge < -0.3 is 19.9 Å². The molecule has 4 rings (SSSR count). The number of hydrogen-bond acceptors (Lipinski definition) is 6. The molecule has 0 spiro atoms. The number of ether oxygens (including phenoxy) is 2. The van der Waals surface area contributed by atoms with E-state index in [1.165, 1.54) is 0 Å². The lowest BCUT2D eigenvalue weighted by molar-refractivity contribution is 0.277. The van der Waals surface area contributed by atoms with Crippen LogP contribution in [0.3, 0.4) is 0 Å². The molecule has 0 radical (unpaired) electrons. The van der Waals surface area contributed by atoms with Gasteiger partial charge in [0.1, 0.15) is 17.0 Å². The fraction of sp³-hybridized carbons (Fsp3) is 0.167. The number of phenolic OH excluding ortho intramolecular Hbond substituents is 1. The van der Waals surface area contributed by atoms with E-state index < -0.39 is 0 Å². The Morgan fingerprint density at radius 1 is 0.833 bits per heavy atom. The second-order valence-electron chi connectivity index (χ2n) is 6.55. The van der Waals surface area contributed by atoms with Crippen molar-refractivity contribution in [2.45, 2.75) is 6.04 Å². The smallest absolute Gasteiger partial charge is 0.147 e. The number of benzene rings is 2. The summed E-state index contributed by atoms with van der Waals surface area (Å²) in [4.78, 5) is 8.82. The van der Waals surface area contributed by atoms with Crippen LogP contribution in [0.5, 0.6) is 11.5 Å². The van der Waals surface area contributed by atoms with Gasteiger partial charge in [0, 0.05) is 43.3 Å². The lowest BCUT2D eigenvalue weighted by Gasteiger charge is -2.21. The molecule has 0 amide bonds. The van der Waals surface area contributed by atoms with E-state index >= 15 is 0 Å². The van der Waals surface area contributed by atoms with E-state index in [1.54, 1.807) is 33.7 Å². The first kappa shape index (κ1) is 21.1. The maximum Gasteiger partial charge on any atom is 0.147 e. The fourth-order valence-corrected chi connectivity index (χ4v) is 3.09. The number of phenols is 1. The number of methoxy groups -OCH3 is 2. The molecule has 4 aromatic rings. The highest BCUT2D eigenvalue weighted by atomic mass is 16.5. The number of pyridine rings is 2. The predicted molar refractivity (Wildman–Crippen MR) is 119 cm³/mol. The summed E-state index contributed by atoms with van der Waals surface area (Å²) in [5.74, 6) is 0.942. The summed E-state index contributed by atoms with van der Waals surface area (Å²) in [6.45, 7) is 0. The Hall–Kier alpha value is -3.64. The first-order chi connectivity index (χ1) is 14.7. The number of aromatic hydroxyl groups is 1. The number of aromatic nitrogens is 2. The second kappa shape index (κ2) is 10.2. The number of hydrogen-bond donors (Lipinski definition) is 2. The highest BCUT2D eigenvalue weighted by Gasteiger charge is 2.21. The van der Waals surface area contributed by atoms with E-state index in [9.17, 15) is 5.11 Å². The lowest BCUT2D eigenvalue weighted by Crippen LogP contribution is -2.14. The van der Waals surface area contributed by atoms with Gasteiger partial charge in [0.05, 0.1) is 18.8 Å². The summed E-state index contributed by atoms with van der Waals surface area (Å²) in [6.07, 6.45) is 3.42.